The van der Waals surface area contributed by atoms with Crippen molar-refractivity contribution in [2.45, 2.75) is 0 Å². The normalized spacial score (nSPS) is 12.0. The predicted molar refractivity (Wildman–Crippen MR) is 216 cm³/mol. The lowest BCUT2D eigenvalue weighted by Crippen LogP contribution is -1.91. The second-order valence-corrected chi connectivity index (χ2v) is 13.6. The summed E-state index contributed by atoms with van der Waals surface area (Å²) < 4.78 is 0. The van der Waals surface area contributed by atoms with Gasteiger partial charge in [-0.05, 0) is 115 Å². The second kappa shape index (κ2) is 10.5. The van der Waals surface area contributed by atoms with Crippen molar-refractivity contribution in [3.63, 3.8) is 0 Å². The van der Waals surface area contributed by atoms with Crippen LogP contribution in [0.4, 0.5) is 0 Å². The van der Waals surface area contributed by atoms with Crippen LogP contribution in [0, 0.1) is 0 Å². The molecule has 0 saturated heterocycles. The SMILES string of the molecule is c1ccc(-c2ccc(-c3ccc(-c4ccc5ccc6cccc7ccc4c5c67)cc3)c(-c3ccc4ccc5cccc6ccc3c4c56)c2)cc1. The van der Waals surface area contributed by atoms with Crippen LogP contribution in [-0.2, 0) is 0 Å². The summed E-state index contributed by atoms with van der Waals surface area (Å²) in [6, 6.07) is 67.7. The smallest absolute Gasteiger partial charge is 0.00206 e. The van der Waals surface area contributed by atoms with Gasteiger partial charge in [0.05, 0.1) is 0 Å². The van der Waals surface area contributed by atoms with Crippen LogP contribution in [0.1, 0.15) is 0 Å². The topological polar surface area (TPSA) is 0 Å². The van der Waals surface area contributed by atoms with Crippen molar-refractivity contribution in [2.24, 2.45) is 0 Å². The predicted octanol–water partition coefficient (Wildman–Crippen LogP) is 14.1. The van der Waals surface area contributed by atoms with Gasteiger partial charge in [0.1, 0.15) is 0 Å². The van der Waals surface area contributed by atoms with E-state index in [2.05, 4.69) is 182 Å². The Kier molecular flexibility index (Phi) is 5.76. The van der Waals surface area contributed by atoms with E-state index in [9.17, 15) is 0 Å². The van der Waals surface area contributed by atoms with Crippen molar-refractivity contribution in [2.75, 3.05) is 0 Å². The van der Waals surface area contributed by atoms with Gasteiger partial charge in [-0.1, -0.05) is 176 Å². The zero-order chi connectivity index (χ0) is 32.8. The fourth-order valence-corrected chi connectivity index (χ4v) is 8.62. The molecule has 0 heterocycles. The van der Waals surface area contributed by atoms with Crippen LogP contribution >= 0.6 is 0 Å². The Bertz CT molecular complexity index is 3030. The van der Waals surface area contributed by atoms with Gasteiger partial charge < -0.3 is 0 Å². The molecule has 0 aliphatic rings. The third kappa shape index (κ3) is 4.00. The number of hydrogen-bond donors (Lipinski definition) is 0. The van der Waals surface area contributed by atoms with E-state index in [0.717, 1.165) is 0 Å². The molecular formula is C50H30. The minimum atomic E-state index is 1.21. The van der Waals surface area contributed by atoms with Crippen LogP contribution in [0.15, 0.2) is 182 Å². The molecule has 0 bridgehead atoms. The van der Waals surface area contributed by atoms with Crippen LogP contribution in [0.25, 0.3) is 109 Å². The summed E-state index contributed by atoms with van der Waals surface area (Å²) in [5.74, 6) is 0. The van der Waals surface area contributed by atoms with Crippen molar-refractivity contribution in [3.05, 3.63) is 182 Å². The maximum Gasteiger partial charge on any atom is -0.00206 e. The van der Waals surface area contributed by atoms with E-state index in [1.54, 1.807) is 0 Å². The molecule has 0 spiro atoms. The Morgan fingerprint density at radius 1 is 0.200 bits per heavy atom. The average molecular weight is 631 g/mol. The summed E-state index contributed by atoms with van der Waals surface area (Å²) in [6.07, 6.45) is 0. The van der Waals surface area contributed by atoms with Crippen molar-refractivity contribution in [3.8, 4) is 44.5 Å². The van der Waals surface area contributed by atoms with E-state index in [1.165, 1.54) is 109 Å². The standard InChI is InChI=1S/C50H30/c1-2-6-31(7-3-1)40-24-26-42(46(30-40)43-27-21-39-19-17-35-9-5-11-37-23-29-45(43)50(39)48(35)37)33-14-12-32(13-15-33)41-25-20-38-18-16-34-8-4-10-36-22-28-44(41)49(38)47(34)36/h1-30H. The molecule has 0 amide bonds. The van der Waals surface area contributed by atoms with Gasteiger partial charge in [0, 0.05) is 0 Å². The van der Waals surface area contributed by atoms with Crippen molar-refractivity contribution in [1.82, 2.24) is 0 Å². The minimum Gasteiger partial charge on any atom is -0.0622 e. The van der Waals surface area contributed by atoms with Crippen LogP contribution < -0.4 is 0 Å². The van der Waals surface area contributed by atoms with Crippen molar-refractivity contribution < 1.29 is 0 Å². The van der Waals surface area contributed by atoms with Gasteiger partial charge >= 0.3 is 0 Å². The molecule has 0 fully saturated rings. The van der Waals surface area contributed by atoms with E-state index in [1.807, 2.05) is 0 Å². The van der Waals surface area contributed by atoms with E-state index >= 15 is 0 Å². The van der Waals surface area contributed by atoms with Gasteiger partial charge in [-0.25, -0.2) is 0 Å². The third-order valence-corrected chi connectivity index (χ3v) is 11.0. The Balaban J connectivity index is 1.11. The van der Waals surface area contributed by atoms with Crippen molar-refractivity contribution >= 4 is 64.6 Å². The molecule has 11 aromatic carbocycles. The highest BCUT2D eigenvalue weighted by Gasteiger charge is 2.17. The summed E-state index contributed by atoms with van der Waals surface area (Å²) in [5, 5.41) is 15.8. The summed E-state index contributed by atoms with van der Waals surface area (Å²) >= 11 is 0. The summed E-state index contributed by atoms with van der Waals surface area (Å²) in [4.78, 5) is 0. The Hall–Kier alpha value is -6.50. The van der Waals surface area contributed by atoms with Crippen molar-refractivity contribution in [1.29, 1.82) is 0 Å². The fraction of sp³-hybridized carbons (Fsp3) is 0. The number of rotatable bonds is 4. The maximum atomic E-state index is 2.39. The largest absolute Gasteiger partial charge is 0.0622 e. The molecule has 0 unspecified atom stereocenters. The summed E-state index contributed by atoms with van der Waals surface area (Å²) in [7, 11) is 0. The molecule has 0 aromatic heterocycles. The van der Waals surface area contributed by atoms with E-state index < -0.39 is 0 Å². The quantitative estimate of drug-likeness (QED) is 0.170. The first-order valence-corrected chi connectivity index (χ1v) is 17.4. The summed E-state index contributed by atoms with van der Waals surface area (Å²) in [6.45, 7) is 0. The van der Waals surface area contributed by atoms with Gasteiger partial charge in [-0.15, -0.1) is 0 Å². The molecule has 0 N–H and O–H groups in total. The zero-order valence-corrected chi connectivity index (χ0v) is 27.3. The van der Waals surface area contributed by atoms with E-state index in [0.29, 0.717) is 0 Å². The molecule has 0 aliphatic heterocycles. The minimum absolute atomic E-state index is 1.21. The fourth-order valence-electron chi connectivity index (χ4n) is 8.62. The molecular weight excluding hydrogens is 601 g/mol. The first-order chi connectivity index (χ1) is 24.8. The van der Waals surface area contributed by atoms with Crippen LogP contribution in [0.5, 0.6) is 0 Å². The van der Waals surface area contributed by atoms with Gasteiger partial charge in [0.15, 0.2) is 0 Å². The van der Waals surface area contributed by atoms with E-state index in [4.69, 9.17) is 0 Å². The highest BCUT2D eigenvalue weighted by molar-refractivity contribution is 6.27. The van der Waals surface area contributed by atoms with Gasteiger partial charge in [-0.3, -0.25) is 0 Å². The van der Waals surface area contributed by atoms with Gasteiger partial charge in [0.25, 0.3) is 0 Å². The first-order valence-electron chi connectivity index (χ1n) is 17.4. The van der Waals surface area contributed by atoms with Crippen LogP contribution in [0.2, 0.25) is 0 Å². The number of benzene rings is 11. The molecule has 0 nitrogen and oxygen atoms in total. The molecule has 0 saturated carbocycles. The van der Waals surface area contributed by atoms with Crippen LogP contribution in [-0.4, -0.2) is 0 Å². The van der Waals surface area contributed by atoms with Gasteiger partial charge in [0.2, 0.25) is 0 Å². The Morgan fingerprint density at radius 2 is 0.620 bits per heavy atom. The lowest BCUT2D eigenvalue weighted by Gasteiger charge is -2.18. The Morgan fingerprint density at radius 3 is 1.20 bits per heavy atom. The molecule has 0 atom stereocenters. The molecule has 0 radical (unpaired) electrons. The monoisotopic (exact) mass is 630 g/mol. The summed E-state index contributed by atoms with van der Waals surface area (Å²) in [5.41, 5.74) is 9.92. The first kappa shape index (κ1) is 27.5. The van der Waals surface area contributed by atoms with E-state index in [-0.39, 0.29) is 0 Å². The Labute approximate surface area is 290 Å². The molecule has 0 aliphatic carbocycles. The van der Waals surface area contributed by atoms with Gasteiger partial charge in [-0.2, -0.15) is 0 Å². The zero-order valence-electron chi connectivity index (χ0n) is 27.3. The highest BCUT2D eigenvalue weighted by Crippen LogP contribution is 2.44. The third-order valence-electron chi connectivity index (χ3n) is 11.0. The average Bonchev–Trinajstić information content (AvgIpc) is 3.19. The number of hydrogen-bond acceptors (Lipinski definition) is 0. The molecule has 50 heavy (non-hydrogen) atoms. The second-order valence-electron chi connectivity index (χ2n) is 13.6. The molecule has 11 rings (SSSR count). The molecule has 230 valence electrons. The molecule has 0 heteroatoms. The maximum absolute atomic E-state index is 2.39. The van der Waals surface area contributed by atoms with Crippen LogP contribution in [0.3, 0.4) is 0 Å². The lowest BCUT2D eigenvalue weighted by atomic mass is 9.85. The lowest BCUT2D eigenvalue weighted by molar-refractivity contribution is 1.57. The molecule has 11 aromatic rings. The highest BCUT2D eigenvalue weighted by atomic mass is 14.2.